The van der Waals surface area contributed by atoms with E-state index in [0.717, 1.165) is 0 Å². The maximum Gasteiger partial charge on any atom is 0.462 e. The SMILES string of the molecule is Fc1ccccc1Cn1cc(/C=N\NC(F)(F)C(F)(F)C(F)(F)F)c2ccccc21. The first-order valence-corrected chi connectivity index (χ1v) is 8.38. The number of fused-ring (bicyclic) bond motifs is 1. The van der Waals surface area contributed by atoms with Crippen LogP contribution < -0.4 is 5.43 Å². The smallest absolute Gasteiger partial charge is 0.342 e. The summed E-state index contributed by atoms with van der Waals surface area (Å²) in [5.41, 5.74) is 1.62. The third-order valence-corrected chi connectivity index (χ3v) is 4.28. The maximum absolute atomic E-state index is 13.9. The van der Waals surface area contributed by atoms with Crippen LogP contribution in [0.4, 0.5) is 35.1 Å². The van der Waals surface area contributed by atoms with Crippen molar-refractivity contribution in [1.82, 2.24) is 9.99 Å². The van der Waals surface area contributed by atoms with Crippen molar-refractivity contribution < 1.29 is 35.1 Å². The Labute approximate surface area is 164 Å². The summed E-state index contributed by atoms with van der Waals surface area (Å²) >= 11 is 0. The van der Waals surface area contributed by atoms with Gasteiger partial charge >= 0.3 is 18.1 Å². The second-order valence-corrected chi connectivity index (χ2v) is 6.34. The average Bonchev–Trinajstić information content (AvgIpc) is 3.00. The highest BCUT2D eigenvalue weighted by Crippen LogP contribution is 2.45. The van der Waals surface area contributed by atoms with Crippen molar-refractivity contribution in [1.29, 1.82) is 0 Å². The van der Waals surface area contributed by atoms with Gasteiger partial charge < -0.3 is 4.57 Å². The Morgan fingerprint density at radius 2 is 1.53 bits per heavy atom. The molecule has 3 aromatic rings. The van der Waals surface area contributed by atoms with Crippen molar-refractivity contribution >= 4 is 17.1 Å². The van der Waals surface area contributed by atoms with Crippen molar-refractivity contribution in [2.45, 2.75) is 24.7 Å². The van der Waals surface area contributed by atoms with E-state index in [-0.39, 0.29) is 12.1 Å². The van der Waals surface area contributed by atoms with Crippen LogP contribution in [0.5, 0.6) is 0 Å². The molecule has 0 atom stereocenters. The lowest BCUT2D eigenvalue weighted by Crippen LogP contribution is -2.58. The summed E-state index contributed by atoms with van der Waals surface area (Å²) < 4.78 is 104. The minimum atomic E-state index is -6.46. The molecular weight excluding hydrogens is 422 g/mol. The molecule has 0 saturated carbocycles. The zero-order chi connectivity index (χ0) is 22.2. The molecular formula is C19H13F8N3. The molecule has 0 amide bonds. The Balaban J connectivity index is 1.89. The highest BCUT2D eigenvalue weighted by Gasteiger charge is 2.73. The molecule has 0 bridgehead atoms. The van der Waals surface area contributed by atoms with E-state index < -0.39 is 24.0 Å². The Hall–Kier alpha value is -3.11. The summed E-state index contributed by atoms with van der Waals surface area (Å²) in [5, 5.41) is 3.34. The lowest BCUT2D eigenvalue weighted by Gasteiger charge is -2.27. The number of hydrogen-bond donors (Lipinski definition) is 1. The van der Waals surface area contributed by atoms with Gasteiger partial charge in [0.2, 0.25) is 0 Å². The predicted octanol–water partition coefficient (Wildman–Crippen LogP) is 5.54. The van der Waals surface area contributed by atoms with Gasteiger partial charge in [-0.3, -0.25) is 0 Å². The number of hydrogen-bond acceptors (Lipinski definition) is 2. The number of nitrogens with one attached hydrogen (secondary N) is 1. The van der Waals surface area contributed by atoms with Gasteiger partial charge in [-0.1, -0.05) is 36.4 Å². The van der Waals surface area contributed by atoms with Gasteiger partial charge in [0.05, 0.1) is 12.8 Å². The van der Waals surface area contributed by atoms with Crippen LogP contribution in [0.15, 0.2) is 59.8 Å². The summed E-state index contributed by atoms with van der Waals surface area (Å²) in [7, 11) is 0. The summed E-state index contributed by atoms with van der Waals surface area (Å²) in [4.78, 5) is 0. The number of rotatable bonds is 6. The Morgan fingerprint density at radius 1 is 0.900 bits per heavy atom. The van der Waals surface area contributed by atoms with Crippen molar-refractivity contribution in [2.24, 2.45) is 5.10 Å². The molecule has 1 aromatic heterocycles. The molecule has 0 unspecified atom stereocenters. The second-order valence-electron chi connectivity index (χ2n) is 6.34. The van der Waals surface area contributed by atoms with E-state index in [1.165, 1.54) is 18.3 Å². The molecule has 2 aromatic carbocycles. The van der Waals surface area contributed by atoms with Crippen molar-refractivity contribution in [3.8, 4) is 0 Å². The van der Waals surface area contributed by atoms with Gasteiger partial charge in [-0.2, -0.15) is 35.8 Å². The molecule has 160 valence electrons. The van der Waals surface area contributed by atoms with Gasteiger partial charge in [-0.05, 0) is 12.1 Å². The lowest BCUT2D eigenvalue weighted by molar-refractivity contribution is -0.361. The van der Waals surface area contributed by atoms with Crippen molar-refractivity contribution in [3.63, 3.8) is 0 Å². The third kappa shape index (κ3) is 3.96. The Bertz CT molecular complexity index is 1070. The molecule has 0 saturated heterocycles. The number of hydrazone groups is 1. The number of alkyl halides is 7. The van der Waals surface area contributed by atoms with E-state index >= 15 is 0 Å². The van der Waals surface area contributed by atoms with E-state index in [9.17, 15) is 35.1 Å². The minimum absolute atomic E-state index is 0.0662. The summed E-state index contributed by atoms with van der Waals surface area (Å²) in [6, 6.07) is 6.75. The summed E-state index contributed by atoms with van der Waals surface area (Å²) in [5.74, 6) is -6.79. The van der Waals surface area contributed by atoms with Crippen LogP contribution >= 0.6 is 0 Å². The molecule has 11 heteroatoms. The van der Waals surface area contributed by atoms with Crippen molar-refractivity contribution in [3.05, 3.63) is 71.7 Å². The standard InChI is InChI=1S/C19H13F8N3/c20-15-7-3-1-5-12(15)10-30-11-13(14-6-2-4-8-16(14)30)9-28-29-19(26,27)17(21,22)18(23,24)25/h1-9,11,29H,10H2/b28-9-. The quantitative estimate of drug-likeness (QED) is 0.234. The van der Waals surface area contributed by atoms with Gasteiger partial charge in [0.15, 0.2) is 0 Å². The molecule has 0 radical (unpaired) electrons. The normalized spacial score (nSPS) is 13.3. The van der Waals surface area contributed by atoms with Gasteiger partial charge in [-0.15, -0.1) is 0 Å². The Morgan fingerprint density at radius 3 is 2.20 bits per heavy atom. The predicted molar refractivity (Wildman–Crippen MR) is 94.1 cm³/mol. The molecule has 30 heavy (non-hydrogen) atoms. The largest absolute Gasteiger partial charge is 0.462 e. The van der Waals surface area contributed by atoms with Gasteiger partial charge in [-0.25, -0.2) is 9.82 Å². The molecule has 0 aliphatic rings. The fourth-order valence-electron chi connectivity index (χ4n) is 2.75. The number of benzene rings is 2. The van der Waals surface area contributed by atoms with E-state index in [2.05, 4.69) is 5.10 Å². The van der Waals surface area contributed by atoms with Crippen LogP contribution in [0.3, 0.4) is 0 Å². The first-order valence-electron chi connectivity index (χ1n) is 8.38. The molecule has 0 fully saturated rings. The number of nitrogens with zero attached hydrogens (tertiary/aromatic N) is 2. The number of aromatic nitrogens is 1. The highest BCUT2D eigenvalue weighted by atomic mass is 19.4. The van der Waals surface area contributed by atoms with Crippen LogP contribution in [0.25, 0.3) is 10.9 Å². The fourth-order valence-corrected chi connectivity index (χ4v) is 2.75. The molecule has 3 nitrogen and oxygen atoms in total. The summed E-state index contributed by atoms with van der Waals surface area (Å²) in [6.45, 7) is 0.0662. The zero-order valence-electron chi connectivity index (χ0n) is 14.9. The molecule has 0 aliphatic heterocycles. The topological polar surface area (TPSA) is 29.3 Å². The van der Waals surface area contributed by atoms with Crippen LogP contribution in [0, 0.1) is 5.82 Å². The molecule has 3 rings (SSSR count). The average molecular weight is 435 g/mol. The molecule has 1 heterocycles. The molecule has 0 aliphatic carbocycles. The van der Waals surface area contributed by atoms with E-state index in [1.807, 2.05) is 0 Å². The number of halogens is 8. The lowest BCUT2D eigenvalue weighted by atomic mass is 10.2. The molecule has 0 spiro atoms. The third-order valence-electron chi connectivity index (χ3n) is 4.28. The van der Waals surface area contributed by atoms with Crippen LogP contribution in [-0.2, 0) is 6.54 Å². The maximum atomic E-state index is 13.9. The monoisotopic (exact) mass is 435 g/mol. The summed E-state index contributed by atoms with van der Waals surface area (Å²) in [6.07, 6.45) is -4.38. The highest BCUT2D eigenvalue weighted by molar-refractivity contribution is 5.99. The van der Waals surface area contributed by atoms with Crippen LogP contribution in [-0.4, -0.2) is 28.9 Å². The fraction of sp³-hybridized carbons (Fsp3) is 0.211. The van der Waals surface area contributed by atoms with Gasteiger partial charge in [0.25, 0.3) is 0 Å². The van der Waals surface area contributed by atoms with Crippen LogP contribution in [0.2, 0.25) is 0 Å². The van der Waals surface area contributed by atoms with Gasteiger partial charge in [0.1, 0.15) is 5.82 Å². The second kappa shape index (κ2) is 7.62. The Kier molecular flexibility index (Phi) is 5.48. The number of para-hydroxylation sites is 1. The van der Waals surface area contributed by atoms with E-state index in [0.29, 0.717) is 28.1 Å². The first-order chi connectivity index (χ1) is 13.9. The first kappa shape index (κ1) is 21.6. The van der Waals surface area contributed by atoms with E-state index in [4.69, 9.17) is 0 Å². The van der Waals surface area contributed by atoms with E-state index in [1.54, 1.807) is 41.0 Å². The molecule has 1 N–H and O–H groups in total. The van der Waals surface area contributed by atoms with Crippen LogP contribution in [0.1, 0.15) is 11.1 Å². The van der Waals surface area contributed by atoms with Gasteiger partial charge in [0, 0.05) is 28.2 Å². The van der Waals surface area contributed by atoms with Crippen molar-refractivity contribution in [2.75, 3.05) is 0 Å². The zero-order valence-corrected chi connectivity index (χ0v) is 14.9. The minimum Gasteiger partial charge on any atom is -0.342 e.